The second kappa shape index (κ2) is 7.53. The van der Waals surface area contributed by atoms with Crippen LogP contribution in [-0.2, 0) is 13.6 Å². The molecule has 24 heavy (non-hydrogen) atoms. The lowest BCUT2D eigenvalue weighted by Crippen LogP contribution is -2.41. The van der Waals surface area contributed by atoms with Crippen molar-refractivity contribution in [2.45, 2.75) is 65.3 Å². The van der Waals surface area contributed by atoms with E-state index in [4.69, 9.17) is 4.99 Å². The van der Waals surface area contributed by atoms with Crippen molar-refractivity contribution in [3.05, 3.63) is 11.6 Å². The minimum Gasteiger partial charge on any atom is -0.356 e. The van der Waals surface area contributed by atoms with Crippen LogP contribution in [0.4, 0.5) is 0 Å². The van der Waals surface area contributed by atoms with E-state index in [-0.39, 0.29) is 0 Å². The number of nitrogens with zero attached hydrogens (tertiary/aromatic N) is 5. The topological polar surface area (TPSA) is 58.3 Å². The molecular weight excluding hydrogens is 300 g/mol. The second-order valence-corrected chi connectivity index (χ2v) is 7.52. The van der Waals surface area contributed by atoms with Crippen molar-refractivity contribution in [2.75, 3.05) is 19.6 Å². The third kappa shape index (κ3) is 3.73. The maximum atomic E-state index is 4.88. The van der Waals surface area contributed by atoms with E-state index in [1.807, 2.05) is 18.5 Å². The number of guanidine groups is 1. The molecule has 0 aromatic carbocycles. The molecule has 1 aromatic rings. The van der Waals surface area contributed by atoms with Crippen molar-refractivity contribution >= 4 is 5.96 Å². The summed E-state index contributed by atoms with van der Waals surface area (Å²) in [5.41, 5.74) is 0.564. The largest absolute Gasteiger partial charge is 0.356 e. The number of nitrogens with one attached hydrogen (secondary N) is 1. The van der Waals surface area contributed by atoms with Crippen LogP contribution in [0.2, 0.25) is 0 Å². The third-order valence-electron chi connectivity index (χ3n) is 5.77. The highest BCUT2D eigenvalue weighted by Gasteiger charge is 2.41. The number of hydrogen-bond donors (Lipinski definition) is 1. The molecule has 6 nitrogen and oxygen atoms in total. The van der Waals surface area contributed by atoms with Crippen LogP contribution in [0.15, 0.2) is 4.99 Å². The Labute approximate surface area is 145 Å². The summed E-state index contributed by atoms with van der Waals surface area (Å²) < 4.78 is 2.02. The van der Waals surface area contributed by atoms with Gasteiger partial charge in [0.05, 0.1) is 0 Å². The molecule has 0 amide bonds. The lowest BCUT2D eigenvalue weighted by molar-refractivity contribution is 0.309. The Kier molecular flexibility index (Phi) is 5.41. The van der Waals surface area contributed by atoms with Gasteiger partial charge in [-0.2, -0.15) is 0 Å². The molecule has 1 saturated carbocycles. The Morgan fingerprint density at radius 2 is 2.04 bits per heavy atom. The Morgan fingerprint density at radius 3 is 2.71 bits per heavy atom. The molecule has 2 fully saturated rings. The smallest absolute Gasteiger partial charge is 0.194 e. The average Bonchev–Trinajstić information content (AvgIpc) is 3.29. The van der Waals surface area contributed by atoms with Crippen molar-refractivity contribution in [1.82, 2.24) is 25.0 Å². The summed E-state index contributed by atoms with van der Waals surface area (Å²) in [7, 11) is 2.01. The van der Waals surface area contributed by atoms with Crippen molar-refractivity contribution < 1.29 is 0 Å². The van der Waals surface area contributed by atoms with Gasteiger partial charge in [0.25, 0.3) is 0 Å². The summed E-state index contributed by atoms with van der Waals surface area (Å²) in [6.07, 6.45) is 9.31. The van der Waals surface area contributed by atoms with Gasteiger partial charge in [-0.1, -0.05) is 26.2 Å². The van der Waals surface area contributed by atoms with Gasteiger partial charge < -0.3 is 14.8 Å². The van der Waals surface area contributed by atoms with Gasteiger partial charge >= 0.3 is 0 Å². The quantitative estimate of drug-likeness (QED) is 0.512. The van der Waals surface area contributed by atoms with Crippen molar-refractivity contribution in [2.24, 2.45) is 17.5 Å². The minimum absolute atomic E-state index is 0.564. The molecular formula is C18H32N6. The third-order valence-corrected chi connectivity index (χ3v) is 5.77. The first-order valence-electron chi connectivity index (χ1n) is 9.52. The van der Waals surface area contributed by atoms with Gasteiger partial charge in [-0.25, -0.2) is 4.99 Å². The average molecular weight is 332 g/mol. The van der Waals surface area contributed by atoms with Crippen LogP contribution >= 0.6 is 0 Å². The zero-order chi connectivity index (χ0) is 17.0. The SMILES string of the molecule is CCCCNC(=NCc1nnc(C)n1C)N1CCC2(CCCC2)C1. The molecule has 0 atom stereocenters. The summed E-state index contributed by atoms with van der Waals surface area (Å²) >= 11 is 0. The van der Waals surface area contributed by atoms with Crippen LogP contribution in [-0.4, -0.2) is 45.3 Å². The summed E-state index contributed by atoms with van der Waals surface area (Å²) in [4.78, 5) is 7.36. The molecule has 1 aromatic heterocycles. The van der Waals surface area contributed by atoms with Crippen molar-refractivity contribution in [3.8, 4) is 0 Å². The molecule has 1 saturated heterocycles. The zero-order valence-corrected chi connectivity index (χ0v) is 15.5. The van der Waals surface area contributed by atoms with E-state index in [1.165, 1.54) is 51.5 Å². The fraction of sp³-hybridized carbons (Fsp3) is 0.833. The van der Waals surface area contributed by atoms with E-state index in [9.17, 15) is 0 Å². The van der Waals surface area contributed by atoms with Crippen LogP contribution in [0.3, 0.4) is 0 Å². The summed E-state index contributed by atoms with van der Waals surface area (Å²) in [6, 6.07) is 0. The Morgan fingerprint density at radius 1 is 1.25 bits per heavy atom. The molecule has 134 valence electrons. The molecule has 1 aliphatic heterocycles. The number of unbranched alkanes of at least 4 members (excludes halogenated alkanes) is 1. The molecule has 3 rings (SSSR count). The molecule has 6 heteroatoms. The van der Waals surface area contributed by atoms with Gasteiger partial charge in [0.15, 0.2) is 11.8 Å². The minimum atomic E-state index is 0.564. The lowest BCUT2D eigenvalue weighted by Gasteiger charge is -2.26. The van der Waals surface area contributed by atoms with Crippen molar-refractivity contribution in [1.29, 1.82) is 0 Å². The lowest BCUT2D eigenvalue weighted by atomic mass is 9.86. The van der Waals surface area contributed by atoms with E-state index in [0.717, 1.165) is 30.7 Å². The fourth-order valence-corrected chi connectivity index (χ4v) is 4.03. The Bertz CT molecular complexity index is 570. The van der Waals surface area contributed by atoms with Crippen LogP contribution < -0.4 is 5.32 Å². The standard InChI is InChI=1S/C18H32N6/c1-4-5-11-19-17(20-13-16-22-21-15(2)23(16)3)24-12-10-18(14-24)8-6-7-9-18/h4-14H2,1-3H3,(H,19,20). The number of aliphatic imine (C=N–C) groups is 1. The Hall–Kier alpha value is -1.59. The molecule has 1 N–H and O–H groups in total. The van der Waals surface area contributed by atoms with E-state index >= 15 is 0 Å². The van der Waals surface area contributed by atoms with Crippen LogP contribution in [0.1, 0.15) is 63.5 Å². The van der Waals surface area contributed by atoms with Crippen LogP contribution in [0, 0.1) is 12.3 Å². The predicted molar refractivity (Wildman–Crippen MR) is 96.9 cm³/mol. The molecule has 1 spiro atoms. The first-order chi connectivity index (χ1) is 11.6. The fourth-order valence-electron chi connectivity index (χ4n) is 4.03. The van der Waals surface area contributed by atoms with Crippen LogP contribution in [0.5, 0.6) is 0 Å². The highest BCUT2D eigenvalue weighted by atomic mass is 15.3. The number of rotatable bonds is 5. The van der Waals surface area contributed by atoms with Crippen molar-refractivity contribution in [3.63, 3.8) is 0 Å². The summed E-state index contributed by atoms with van der Waals surface area (Å²) in [6.45, 7) is 8.10. The normalized spacial score (nSPS) is 20.3. The second-order valence-electron chi connectivity index (χ2n) is 7.52. The maximum absolute atomic E-state index is 4.88. The van der Waals surface area contributed by atoms with Gasteiger partial charge in [0, 0.05) is 26.7 Å². The number of aryl methyl sites for hydroxylation is 1. The van der Waals surface area contributed by atoms with E-state index in [0.29, 0.717) is 12.0 Å². The highest BCUT2D eigenvalue weighted by Crippen LogP contribution is 2.45. The number of aromatic nitrogens is 3. The summed E-state index contributed by atoms with van der Waals surface area (Å²) in [5.74, 6) is 2.93. The van der Waals surface area contributed by atoms with Gasteiger partial charge in [-0.3, -0.25) is 0 Å². The van der Waals surface area contributed by atoms with E-state index < -0.39 is 0 Å². The van der Waals surface area contributed by atoms with E-state index in [2.05, 4.69) is 27.3 Å². The molecule has 2 heterocycles. The number of hydrogen-bond acceptors (Lipinski definition) is 3. The zero-order valence-electron chi connectivity index (χ0n) is 15.5. The first kappa shape index (κ1) is 17.2. The molecule has 0 bridgehead atoms. The maximum Gasteiger partial charge on any atom is 0.194 e. The van der Waals surface area contributed by atoms with Gasteiger partial charge in [0.2, 0.25) is 0 Å². The van der Waals surface area contributed by atoms with Gasteiger partial charge in [-0.05, 0) is 38.0 Å². The molecule has 0 radical (unpaired) electrons. The van der Waals surface area contributed by atoms with Gasteiger partial charge in [-0.15, -0.1) is 10.2 Å². The Balaban J connectivity index is 1.68. The highest BCUT2D eigenvalue weighted by molar-refractivity contribution is 5.80. The number of likely N-dealkylation sites (tertiary alicyclic amines) is 1. The molecule has 2 aliphatic rings. The van der Waals surface area contributed by atoms with E-state index in [1.54, 1.807) is 0 Å². The molecule has 1 aliphatic carbocycles. The molecule has 0 unspecified atom stereocenters. The predicted octanol–water partition coefficient (Wildman–Crippen LogP) is 2.64. The monoisotopic (exact) mass is 332 g/mol. The summed E-state index contributed by atoms with van der Waals surface area (Å²) in [5, 5.41) is 12.0. The van der Waals surface area contributed by atoms with Gasteiger partial charge in [0.1, 0.15) is 12.4 Å². The first-order valence-corrected chi connectivity index (χ1v) is 9.52. The van der Waals surface area contributed by atoms with Crippen LogP contribution in [0.25, 0.3) is 0 Å².